The van der Waals surface area contributed by atoms with Crippen LogP contribution < -0.4 is 10.6 Å². The molecule has 0 heterocycles. The number of amides is 2. The van der Waals surface area contributed by atoms with Crippen LogP contribution in [0.15, 0.2) is 0 Å². The van der Waals surface area contributed by atoms with Crippen molar-refractivity contribution in [1.82, 2.24) is 20.4 Å². The van der Waals surface area contributed by atoms with E-state index in [2.05, 4.69) is 24.5 Å². The number of hydrogen-bond donors (Lipinski definition) is 2. The van der Waals surface area contributed by atoms with Crippen LogP contribution in [0.5, 0.6) is 0 Å². The van der Waals surface area contributed by atoms with Gasteiger partial charge in [-0.3, -0.25) is 9.59 Å². The van der Waals surface area contributed by atoms with Gasteiger partial charge in [0.25, 0.3) is 0 Å². The van der Waals surface area contributed by atoms with E-state index in [4.69, 9.17) is 18.9 Å². The topological polar surface area (TPSA) is 136 Å². The summed E-state index contributed by atoms with van der Waals surface area (Å²) < 4.78 is 21.3. The molecule has 42 heavy (non-hydrogen) atoms. The van der Waals surface area contributed by atoms with Crippen LogP contribution in [0.3, 0.4) is 0 Å². The van der Waals surface area contributed by atoms with Gasteiger partial charge in [0.05, 0.1) is 26.1 Å². The van der Waals surface area contributed by atoms with Crippen LogP contribution >= 0.6 is 0 Å². The molecule has 246 valence electrons. The molecule has 0 saturated heterocycles. The van der Waals surface area contributed by atoms with Crippen LogP contribution in [-0.2, 0) is 28.5 Å². The van der Waals surface area contributed by atoms with Gasteiger partial charge in [0.2, 0.25) is 0 Å². The van der Waals surface area contributed by atoms with E-state index in [-0.39, 0.29) is 50.2 Å². The predicted octanol–water partition coefficient (Wildman–Crippen LogP) is 4.11. The summed E-state index contributed by atoms with van der Waals surface area (Å²) in [6, 6.07) is 0. The van der Waals surface area contributed by atoms with Gasteiger partial charge < -0.3 is 39.4 Å². The molecule has 12 heteroatoms. The summed E-state index contributed by atoms with van der Waals surface area (Å²) in [4.78, 5) is 52.2. The first kappa shape index (κ1) is 39.4. The average Bonchev–Trinajstić information content (AvgIpc) is 2.95. The Balaban J connectivity index is 4.20. The minimum Gasteiger partial charge on any atom is -0.466 e. The van der Waals surface area contributed by atoms with Crippen molar-refractivity contribution < 1.29 is 38.1 Å². The molecule has 0 spiro atoms. The summed E-state index contributed by atoms with van der Waals surface area (Å²) in [6.45, 7) is 11.6. The van der Waals surface area contributed by atoms with Gasteiger partial charge in [-0.1, -0.05) is 40.5 Å². The van der Waals surface area contributed by atoms with Crippen molar-refractivity contribution in [2.45, 2.75) is 104 Å². The summed E-state index contributed by atoms with van der Waals surface area (Å²) in [7, 11) is 3.93. The molecule has 2 amide bonds. The Labute approximate surface area is 253 Å². The highest BCUT2D eigenvalue weighted by Crippen LogP contribution is 2.07. The number of carbonyl (C=O) groups is 4. The van der Waals surface area contributed by atoms with Gasteiger partial charge in [-0.25, -0.2) is 9.59 Å². The molecular formula is C30H58N4O8. The number of alkyl carbamates (subject to hydrolysis) is 2. The number of carbonyl (C=O) groups excluding carboxylic acids is 4. The largest absolute Gasteiger partial charge is 0.466 e. The maximum absolute atomic E-state index is 12.2. The smallest absolute Gasteiger partial charge is 0.407 e. The molecule has 2 N–H and O–H groups in total. The SMILES string of the molecule is CCCC(CC)OC(=O)NCCCOC(=O)CCN(CCC(=O)OCCCNC(=O)OC(CC)CCC)CCN(C)C. The summed E-state index contributed by atoms with van der Waals surface area (Å²) in [5.41, 5.74) is 0. The summed E-state index contributed by atoms with van der Waals surface area (Å²) >= 11 is 0. The zero-order valence-corrected chi connectivity index (χ0v) is 27.0. The monoisotopic (exact) mass is 602 g/mol. The lowest BCUT2D eigenvalue weighted by Crippen LogP contribution is -2.35. The van der Waals surface area contributed by atoms with Crippen molar-refractivity contribution in [2.75, 3.05) is 66.6 Å². The number of nitrogens with one attached hydrogen (secondary N) is 2. The second-order valence-electron chi connectivity index (χ2n) is 10.6. The first-order valence-electron chi connectivity index (χ1n) is 15.7. The zero-order chi connectivity index (χ0) is 31.6. The Morgan fingerprint density at radius 2 is 1.07 bits per heavy atom. The molecule has 0 saturated carbocycles. The third-order valence-electron chi connectivity index (χ3n) is 6.51. The van der Waals surface area contributed by atoms with Crippen molar-refractivity contribution in [2.24, 2.45) is 0 Å². The fourth-order valence-electron chi connectivity index (χ4n) is 3.94. The maximum atomic E-state index is 12.2. The highest BCUT2D eigenvalue weighted by molar-refractivity contribution is 5.70. The Morgan fingerprint density at radius 1 is 0.643 bits per heavy atom. The first-order chi connectivity index (χ1) is 20.1. The molecule has 0 fully saturated rings. The molecule has 2 unspecified atom stereocenters. The molecule has 12 nitrogen and oxygen atoms in total. The van der Waals surface area contributed by atoms with Gasteiger partial charge in [-0.05, 0) is 52.6 Å². The van der Waals surface area contributed by atoms with Crippen LogP contribution in [0, 0.1) is 0 Å². The molecule has 0 radical (unpaired) electrons. The minimum atomic E-state index is -0.444. The molecule has 0 aliphatic carbocycles. The fraction of sp³-hybridized carbons (Fsp3) is 0.867. The Kier molecular flexibility index (Phi) is 24.4. The number of hydrogen-bond acceptors (Lipinski definition) is 10. The number of esters is 2. The van der Waals surface area contributed by atoms with Crippen LogP contribution in [-0.4, -0.2) is 113 Å². The van der Waals surface area contributed by atoms with Crippen molar-refractivity contribution in [3.05, 3.63) is 0 Å². The van der Waals surface area contributed by atoms with E-state index in [1.54, 1.807) is 0 Å². The Hall–Kier alpha value is -2.60. The Bertz CT molecular complexity index is 684. The van der Waals surface area contributed by atoms with E-state index < -0.39 is 12.2 Å². The fourth-order valence-corrected chi connectivity index (χ4v) is 3.94. The number of ether oxygens (including phenoxy) is 4. The highest BCUT2D eigenvalue weighted by atomic mass is 16.6. The van der Waals surface area contributed by atoms with Crippen molar-refractivity contribution in [3.8, 4) is 0 Å². The van der Waals surface area contributed by atoms with Crippen molar-refractivity contribution >= 4 is 24.1 Å². The van der Waals surface area contributed by atoms with Gasteiger partial charge in [0, 0.05) is 39.3 Å². The van der Waals surface area contributed by atoms with Crippen molar-refractivity contribution in [3.63, 3.8) is 0 Å². The third kappa shape index (κ3) is 23.0. The molecule has 0 aliphatic rings. The molecule has 2 atom stereocenters. The van der Waals surface area contributed by atoms with Gasteiger partial charge in [-0.15, -0.1) is 0 Å². The molecular weight excluding hydrogens is 544 g/mol. The lowest BCUT2D eigenvalue weighted by Gasteiger charge is -2.23. The zero-order valence-electron chi connectivity index (χ0n) is 27.0. The second-order valence-corrected chi connectivity index (χ2v) is 10.6. The van der Waals surface area contributed by atoms with Gasteiger partial charge in [0.15, 0.2) is 0 Å². The normalized spacial score (nSPS) is 12.5. The van der Waals surface area contributed by atoms with Crippen LogP contribution in [0.2, 0.25) is 0 Å². The summed E-state index contributed by atoms with van der Waals surface area (Å²) in [5, 5.41) is 5.38. The van der Waals surface area contributed by atoms with Crippen LogP contribution in [0.1, 0.15) is 91.9 Å². The first-order valence-corrected chi connectivity index (χ1v) is 15.7. The predicted molar refractivity (Wildman–Crippen MR) is 162 cm³/mol. The van der Waals surface area contributed by atoms with Crippen LogP contribution in [0.25, 0.3) is 0 Å². The number of likely N-dealkylation sites (N-methyl/N-ethyl adjacent to an activating group) is 1. The summed E-state index contributed by atoms with van der Waals surface area (Å²) in [6.07, 6.45) is 5.50. The molecule has 0 aliphatic heterocycles. The molecule has 0 aromatic carbocycles. The van der Waals surface area contributed by atoms with Gasteiger partial charge in [0.1, 0.15) is 12.2 Å². The van der Waals surface area contributed by atoms with E-state index in [0.29, 0.717) is 45.6 Å². The average molecular weight is 603 g/mol. The van der Waals surface area contributed by atoms with Crippen molar-refractivity contribution in [1.29, 1.82) is 0 Å². The van der Waals surface area contributed by atoms with Gasteiger partial charge >= 0.3 is 24.1 Å². The third-order valence-corrected chi connectivity index (χ3v) is 6.51. The lowest BCUT2D eigenvalue weighted by molar-refractivity contribution is -0.144. The molecule has 0 rings (SSSR count). The minimum absolute atomic E-state index is 0.0753. The quantitative estimate of drug-likeness (QED) is 0.0893. The molecule has 0 aromatic rings. The van der Waals surface area contributed by atoms with E-state index in [1.807, 2.05) is 37.7 Å². The second kappa shape index (κ2) is 26.1. The molecule has 0 aromatic heterocycles. The maximum Gasteiger partial charge on any atom is 0.407 e. The highest BCUT2D eigenvalue weighted by Gasteiger charge is 2.14. The number of nitrogens with zero attached hydrogens (tertiary/aromatic N) is 2. The molecule has 0 bridgehead atoms. The van der Waals surface area contributed by atoms with E-state index in [0.717, 1.165) is 45.1 Å². The van der Waals surface area contributed by atoms with Crippen LogP contribution in [0.4, 0.5) is 9.59 Å². The summed E-state index contributed by atoms with van der Waals surface area (Å²) in [5.74, 6) is -0.648. The van der Waals surface area contributed by atoms with E-state index in [1.165, 1.54) is 0 Å². The van der Waals surface area contributed by atoms with E-state index >= 15 is 0 Å². The lowest BCUT2D eigenvalue weighted by atomic mass is 10.2. The number of rotatable bonds is 25. The van der Waals surface area contributed by atoms with Gasteiger partial charge in [-0.2, -0.15) is 0 Å². The van der Waals surface area contributed by atoms with E-state index in [9.17, 15) is 19.2 Å². The Morgan fingerprint density at radius 3 is 1.43 bits per heavy atom. The standard InChI is InChI=1S/C30H58N4O8/c1-7-13-25(9-3)41-29(37)31-17-11-23-39-27(35)15-19-34(22-21-33(5)6)20-16-28(36)40-24-12-18-32-30(38)42-26(10-4)14-8-2/h25-26H,7-24H2,1-6H3,(H,31,37)(H,32,38).